The summed E-state index contributed by atoms with van der Waals surface area (Å²) in [5.74, 6) is -0.0743. The minimum Gasteiger partial charge on any atom is -0.379 e. The van der Waals surface area contributed by atoms with Crippen LogP contribution in [-0.2, 0) is 16.1 Å². The number of carbonyl (C=O) groups is 2. The van der Waals surface area contributed by atoms with Crippen molar-refractivity contribution in [2.75, 3.05) is 72.1 Å². The Hall–Kier alpha value is -2.88. The van der Waals surface area contributed by atoms with Gasteiger partial charge in [-0.15, -0.1) is 0 Å². The monoisotopic (exact) mass is 480 g/mol. The largest absolute Gasteiger partial charge is 0.379 e. The van der Waals surface area contributed by atoms with Crippen LogP contribution in [0.15, 0.2) is 42.7 Å². The summed E-state index contributed by atoms with van der Waals surface area (Å²) in [6, 6.07) is 10.4. The number of rotatable bonds is 9. The quantitative estimate of drug-likeness (QED) is 0.535. The second kappa shape index (κ2) is 12.7. The van der Waals surface area contributed by atoms with E-state index in [0.717, 1.165) is 58.1 Å². The molecule has 3 heterocycles. The number of aryl methyl sites for hydroxylation is 1. The number of piperazine rings is 1. The smallest absolute Gasteiger partial charge is 0.274 e. The van der Waals surface area contributed by atoms with E-state index in [0.29, 0.717) is 38.4 Å². The van der Waals surface area contributed by atoms with Crippen molar-refractivity contribution < 1.29 is 14.3 Å². The molecular weight excluding hydrogens is 444 g/mol. The lowest BCUT2D eigenvalue weighted by Crippen LogP contribution is -2.49. The van der Waals surface area contributed by atoms with Crippen molar-refractivity contribution in [3.05, 3.63) is 59.7 Å². The fraction of sp³-hybridized carbons (Fsp3) is 0.538. The van der Waals surface area contributed by atoms with Gasteiger partial charge >= 0.3 is 0 Å². The second-order valence-corrected chi connectivity index (χ2v) is 9.18. The van der Waals surface area contributed by atoms with Crippen LogP contribution in [0.1, 0.15) is 28.2 Å². The Kier molecular flexibility index (Phi) is 9.16. The Bertz CT molecular complexity index is 941. The van der Waals surface area contributed by atoms with Gasteiger partial charge in [0, 0.05) is 78.1 Å². The number of hydrogen-bond acceptors (Lipinski definition) is 7. The molecule has 0 unspecified atom stereocenters. The maximum absolute atomic E-state index is 13.2. The summed E-state index contributed by atoms with van der Waals surface area (Å²) in [6.07, 6.45) is 3.44. The maximum Gasteiger partial charge on any atom is 0.274 e. The number of carbonyl (C=O) groups excluding carboxylic acids is 2. The van der Waals surface area contributed by atoms with E-state index in [1.807, 2.05) is 17.9 Å². The first-order valence-corrected chi connectivity index (χ1v) is 12.5. The molecule has 1 aromatic heterocycles. The van der Waals surface area contributed by atoms with Crippen molar-refractivity contribution in [2.45, 2.75) is 19.9 Å². The van der Waals surface area contributed by atoms with Crippen LogP contribution < -0.4 is 0 Å². The van der Waals surface area contributed by atoms with E-state index in [4.69, 9.17) is 4.74 Å². The van der Waals surface area contributed by atoms with Gasteiger partial charge in [-0.2, -0.15) is 0 Å². The van der Waals surface area contributed by atoms with Crippen LogP contribution in [0.5, 0.6) is 0 Å². The Balaban J connectivity index is 1.29. The molecule has 0 atom stereocenters. The SMILES string of the molecule is Cc1cnc(C(=O)N(CCC(=O)N2CCN(Cc3ccccc3)CC2)CCN2CCOCC2)cn1. The third-order valence-corrected chi connectivity index (χ3v) is 6.65. The minimum atomic E-state index is -0.175. The summed E-state index contributed by atoms with van der Waals surface area (Å²) < 4.78 is 5.43. The van der Waals surface area contributed by atoms with E-state index in [2.05, 4.69) is 44.0 Å². The molecule has 0 radical (unpaired) electrons. The van der Waals surface area contributed by atoms with Gasteiger partial charge in [0.2, 0.25) is 5.91 Å². The van der Waals surface area contributed by atoms with E-state index >= 15 is 0 Å². The van der Waals surface area contributed by atoms with Crippen molar-refractivity contribution in [3.63, 3.8) is 0 Å². The molecule has 2 fully saturated rings. The Morgan fingerprint density at radius 2 is 1.66 bits per heavy atom. The highest BCUT2D eigenvalue weighted by Crippen LogP contribution is 2.11. The van der Waals surface area contributed by atoms with Crippen LogP contribution in [0.2, 0.25) is 0 Å². The first-order valence-electron chi connectivity index (χ1n) is 12.5. The molecule has 0 bridgehead atoms. The number of morpholine rings is 1. The average molecular weight is 481 g/mol. The molecule has 9 nitrogen and oxygen atoms in total. The lowest BCUT2D eigenvalue weighted by molar-refractivity contribution is -0.133. The minimum absolute atomic E-state index is 0.100. The molecule has 0 spiro atoms. The number of benzene rings is 1. The van der Waals surface area contributed by atoms with Crippen molar-refractivity contribution in [3.8, 4) is 0 Å². The van der Waals surface area contributed by atoms with E-state index in [-0.39, 0.29) is 11.8 Å². The number of ether oxygens (including phenoxy) is 1. The molecule has 0 aliphatic carbocycles. The molecule has 2 aliphatic heterocycles. The average Bonchev–Trinajstić information content (AvgIpc) is 2.90. The van der Waals surface area contributed by atoms with Gasteiger partial charge < -0.3 is 14.5 Å². The van der Waals surface area contributed by atoms with Crippen LogP contribution in [0, 0.1) is 6.92 Å². The molecular formula is C26H36N6O3. The van der Waals surface area contributed by atoms with Gasteiger partial charge in [-0.05, 0) is 12.5 Å². The van der Waals surface area contributed by atoms with Crippen molar-refractivity contribution >= 4 is 11.8 Å². The molecule has 0 N–H and O–H groups in total. The van der Waals surface area contributed by atoms with Gasteiger partial charge in [0.1, 0.15) is 5.69 Å². The fourth-order valence-corrected chi connectivity index (χ4v) is 4.45. The summed E-state index contributed by atoms with van der Waals surface area (Å²) in [7, 11) is 0. The third-order valence-electron chi connectivity index (χ3n) is 6.65. The van der Waals surface area contributed by atoms with E-state index in [1.54, 1.807) is 11.1 Å². The first-order chi connectivity index (χ1) is 17.1. The number of nitrogens with zero attached hydrogens (tertiary/aromatic N) is 6. The summed E-state index contributed by atoms with van der Waals surface area (Å²) in [5.41, 5.74) is 2.38. The summed E-state index contributed by atoms with van der Waals surface area (Å²) in [5, 5.41) is 0. The predicted octanol–water partition coefficient (Wildman–Crippen LogP) is 1.29. The van der Waals surface area contributed by atoms with Crippen LogP contribution >= 0.6 is 0 Å². The molecule has 1 aromatic carbocycles. The molecule has 2 saturated heterocycles. The molecule has 9 heteroatoms. The molecule has 0 saturated carbocycles. The Morgan fingerprint density at radius 3 is 2.34 bits per heavy atom. The van der Waals surface area contributed by atoms with Crippen LogP contribution in [0.4, 0.5) is 0 Å². The van der Waals surface area contributed by atoms with Gasteiger partial charge in [0.25, 0.3) is 5.91 Å². The third kappa shape index (κ3) is 7.55. The van der Waals surface area contributed by atoms with Crippen LogP contribution in [-0.4, -0.2) is 113 Å². The summed E-state index contributed by atoms with van der Waals surface area (Å²) in [6.45, 7) is 10.7. The van der Waals surface area contributed by atoms with Gasteiger partial charge in [-0.3, -0.25) is 24.4 Å². The highest BCUT2D eigenvalue weighted by atomic mass is 16.5. The standard InChI is InChI=1S/C26H36N6O3/c1-22-19-28-24(20-27-22)26(34)32(14-9-29-15-17-35-18-16-29)8-7-25(33)31-12-10-30(11-13-31)21-23-5-3-2-4-6-23/h2-6,19-20H,7-18,21H2,1H3. The maximum atomic E-state index is 13.2. The molecule has 35 heavy (non-hydrogen) atoms. The lowest BCUT2D eigenvalue weighted by atomic mass is 10.2. The first kappa shape index (κ1) is 25.2. The molecule has 2 aromatic rings. The predicted molar refractivity (Wildman–Crippen MR) is 133 cm³/mol. The fourth-order valence-electron chi connectivity index (χ4n) is 4.45. The zero-order chi connectivity index (χ0) is 24.5. The van der Waals surface area contributed by atoms with E-state index in [9.17, 15) is 9.59 Å². The number of hydrogen-bond donors (Lipinski definition) is 0. The van der Waals surface area contributed by atoms with Gasteiger partial charge in [0.15, 0.2) is 0 Å². The number of aromatic nitrogens is 2. The topological polar surface area (TPSA) is 82.1 Å². The number of amides is 2. The van der Waals surface area contributed by atoms with Crippen LogP contribution in [0.25, 0.3) is 0 Å². The summed E-state index contributed by atoms with van der Waals surface area (Å²) in [4.78, 5) is 43.0. The summed E-state index contributed by atoms with van der Waals surface area (Å²) >= 11 is 0. The zero-order valence-corrected chi connectivity index (χ0v) is 20.6. The Morgan fingerprint density at radius 1 is 0.914 bits per heavy atom. The lowest BCUT2D eigenvalue weighted by Gasteiger charge is -2.35. The van der Waals surface area contributed by atoms with Gasteiger partial charge in [-0.25, -0.2) is 4.98 Å². The normalized spacial score (nSPS) is 17.3. The highest BCUT2D eigenvalue weighted by Gasteiger charge is 2.24. The highest BCUT2D eigenvalue weighted by molar-refractivity contribution is 5.92. The zero-order valence-electron chi connectivity index (χ0n) is 20.6. The van der Waals surface area contributed by atoms with Crippen molar-refractivity contribution in [1.29, 1.82) is 0 Å². The Labute approximate surface area is 207 Å². The van der Waals surface area contributed by atoms with Crippen LogP contribution in [0.3, 0.4) is 0 Å². The van der Waals surface area contributed by atoms with Gasteiger partial charge in [-0.1, -0.05) is 30.3 Å². The molecule has 188 valence electrons. The second-order valence-electron chi connectivity index (χ2n) is 9.18. The van der Waals surface area contributed by atoms with Crippen molar-refractivity contribution in [1.82, 2.24) is 29.6 Å². The van der Waals surface area contributed by atoms with E-state index in [1.165, 1.54) is 11.8 Å². The molecule has 2 aliphatic rings. The van der Waals surface area contributed by atoms with Gasteiger partial charge in [0.05, 0.1) is 25.1 Å². The molecule has 2 amide bonds. The van der Waals surface area contributed by atoms with E-state index < -0.39 is 0 Å². The molecule has 4 rings (SSSR count). The van der Waals surface area contributed by atoms with Crippen molar-refractivity contribution in [2.24, 2.45) is 0 Å².